The lowest BCUT2D eigenvalue weighted by atomic mass is 10.0. The Kier molecular flexibility index (Phi) is 6.73. The lowest BCUT2D eigenvalue weighted by Gasteiger charge is -2.13. The van der Waals surface area contributed by atoms with Gasteiger partial charge in [-0.25, -0.2) is 17.5 Å². The van der Waals surface area contributed by atoms with Gasteiger partial charge in [-0.3, -0.25) is 4.79 Å². The van der Waals surface area contributed by atoms with E-state index in [9.17, 15) is 17.6 Å². The predicted molar refractivity (Wildman–Crippen MR) is 105 cm³/mol. The normalized spacial score (nSPS) is 12.8. The Hall–Kier alpha value is -2.25. The first-order valence-corrected chi connectivity index (χ1v) is 10.4. The lowest BCUT2D eigenvalue weighted by Crippen LogP contribution is -2.32. The lowest BCUT2D eigenvalue weighted by molar-refractivity contribution is 0.102. The van der Waals surface area contributed by atoms with E-state index in [1.807, 2.05) is 19.1 Å². The number of halogens is 1. The van der Waals surface area contributed by atoms with Crippen LogP contribution in [0.15, 0.2) is 47.4 Å². The molecule has 2 N–H and O–H groups in total. The number of rotatable bonds is 7. The maximum atomic E-state index is 14.1. The first-order valence-electron chi connectivity index (χ1n) is 8.87. The van der Waals surface area contributed by atoms with Crippen molar-refractivity contribution in [3.8, 4) is 0 Å². The van der Waals surface area contributed by atoms with Crippen LogP contribution < -0.4 is 10.0 Å². The molecule has 0 fully saturated rings. The van der Waals surface area contributed by atoms with Crippen LogP contribution >= 0.6 is 0 Å². The molecule has 0 saturated carbocycles. The molecule has 0 saturated heterocycles. The van der Waals surface area contributed by atoms with E-state index in [0.29, 0.717) is 18.0 Å². The van der Waals surface area contributed by atoms with Gasteiger partial charge in [-0.05, 0) is 55.2 Å². The van der Waals surface area contributed by atoms with Crippen LogP contribution in [-0.4, -0.2) is 20.4 Å². The molecule has 146 valence electrons. The Morgan fingerprint density at radius 1 is 1.07 bits per heavy atom. The van der Waals surface area contributed by atoms with Gasteiger partial charge in [-0.1, -0.05) is 32.9 Å². The Morgan fingerprint density at radius 3 is 2.26 bits per heavy atom. The number of sulfonamides is 1. The average Bonchev–Trinajstić information content (AvgIpc) is 2.61. The molecule has 0 unspecified atom stereocenters. The van der Waals surface area contributed by atoms with E-state index in [2.05, 4.69) is 23.9 Å². The highest BCUT2D eigenvalue weighted by atomic mass is 32.2. The van der Waals surface area contributed by atoms with Crippen LogP contribution in [0, 0.1) is 5.82 Å². The highest BCUT2D eigenvalue weighted by Crippen LogP contribution is 2.20. The number of carbonyl (C=O) groups is 1. The van der Waals surface area contributed by atoms with Crippen molar-refractivity contribution in [3.63, 3.8) is 0 Å². The molecule has 0 heterocycles. The number of hydrogen-bond acceptors (Lipinski definition) is 3. The van der Waals surface area contributed by atoms with Gasteiger partial charge in [0.1, 0.15) is 10.7 Å². The average molecular weight is 392 g/mol. The molecule has 5 nitrogen and oxygen atoms in total. The first-order chi connectivity index (χ1) is 12.6. The van der Waals surface area contributed by atoms with Gasteiger partial charge in [0, 0.05) is 17.3 Å². The number of nitrogens with one attached hydrogen (secondary N) is 2. The maximum Gasteiger partial charge on any atom is 0.255 e. The predicted octanol–water partition coefficient (Wildman–Crippen LogP) is 4.28. The molecule has 0 aliphatic rings. The van der Waals surface area contributed by atoms with E-state index >= 15 is 0 Å². The van der Waals surface area contributed by atoms with Gasteiger partial charge < -0.3 is 5.32 Å². The number of carbonyl (C=O) groups excluding carboxylic acids is 1. The highest BCUT2D eigenvalue weighted by molar-refractivity contribution is 7.89. The third-order valence-corrected chi connectivity index (χ3v) is 5.89. The van der Waals surface area contributed by atoms with Crippen molar-refractivity contribution in [1.82, 2.24) is 4.72 Å². The van der Waals surface area contributed by atoms with E-state index < -0.39 is 26.6 Å². The van der Waals surface area contributed by atoms with Gasteiger partial charge in [0.25, 0.3) is 5.91 Å². The van der Waals surface area contributed by atoms with Gasteiger partial charge in [-0.15, -0.1) is 0 Å². The molecule has 2 rings (SSSR count). The van der Waals surface area contributed by atoms with Crippen molar-refractivity contribution >= 4 is 21.6 Å². The van der Waals surface area contributed by atoms with Gasteiger partial charge in [0.15, 0.2) is 0 Å². The third-order valence-electron chi connectivity index (χ3n) is 4.29. The summed E-state index contributed by atoms with van der Waals surface area (Å²) in [7, 11) is -4.05. The SMILES string of the molecule is CC[C@@H](C)NS(=O)(=O)c1cc(C(=O)Nc2ccc(C(C)C)cc2)ccc1F. The van der Waals surface area contributed by atoms with Gasteiger partial charge in [-0.2, -0.15) is 0 Å². The second-order valence-electron chi connectivity index (χ2n) is 6.81. The maximum absolute atomic E-state index is 14.1. The highest BCUT2D eigenvalue weighted by Gasteiger charge is 2.22. The van der Waals surface area contributed by atoms with Gasteiger partial charge in [0.05, 0.1) is 0 Å². The number of amides is 1. The molecule has 0 radical (unpaired) electrons. The summed E-state index contributed by atoms with van der Waals surface area (Å²) in [5.41, 5.74) is 1.78. The Morgan fingerprint density at radius 2 is 1.70 bits per heavy atom. The molecule has 27 heavy (non-hydrogen) atoms. The molecular formula is C20H25FN2O3S. The van der Waals surface area contributed by atoms with Gasteiger partial charge in [0.2, 0.25) is 10.0 Å². The number of benzene rings is 2. The van der Waals surface area contributed by atoms with Crippen LogP contribution in [0.3, 0.4) is 0 Å². The molecule has 0 aliphatic heterocycles. The van der Waals surface area contributed by atoms with Crippen LogP contribution in [0.25, 0.3) is 0 Å². The summed E-state index contributed by atoms with van der Waals surface area (Å²) in [4.78, 5) is 11.9. The van der Waals surface area contributed by atoms with Crippen molar-refractivity contribution in [2.75, 3.05) is 5.32 Å². The number of anilines is 1. The smallest absolute Gasteiger partial charge is 0.255 e. The molecule has 1 amide bonds. The second-order valence-corrected chi connectivity index (χ2v) is 8.49. The van der Waals surface area contributed by atoms with Crippen molar-refractivity contribution in [2.24, 2.45) is 0 Å². The summed E-state index contributed by atoms with van der Waals surface area (Å²) in [5.74, 6) is -1.03. The minimum absolute atomic E-state index is 0.0638. The van der Waals surface area contributed by atoms with E-state index in [-0.39, 0.29) is 11.6 Å². The standard InChI is InChI=1S/C20H25FN2O3S/c1-5-14(4)23-27(25,26)19-12-16(8-11-18(19)21)20(24)22-17-9-6-15(7-10-17)13(2)3/h6-14,23H,5H2,1-4H3,(H,22,24)/t14-/m1/s1. The number of hydrogen-bond donors (Lipinski definition) is 2. The van der Waals surface area contributed by atoms with Crippen LogP contribution in [0.4, 0.5) is 10.1 Å². The van der Waals surface area contributed by atoms with Crippen LogP contribution in [0.2, 0.25) is 0 Å². The second kappa shape index (κ2) is 8.63. The Labute approximate surface area is 160 Å². The fourth-order valence-corrected chi connectivity index (χ4v) is 3.85. The molecule has 0 spiro atoms. The largest absolute Gasteiger partial charge is 0.322 e. The minimum Gasteiger partial charge on any atom is -0.322 e. The van der Waals surface area contributed by atoms with Crippen LogP contribution in [-0.2, 0) is 10.0 Å². The quantitative estimate of drug-likeness (QED) is 0.738. The zero-order valence-electron chi connectivity index (χ0n) is 15.9. The van der Waals surface area contributed by atoms with E-state index in [1.54, 1.807) is 19.1 Å². The van der Waals surface area contributed by atoms with Crippen molar-refractivity contribution < 1.29 is 17.6 Å². The Balaban J connectivity index is 2.25. The zero-order chi connectivity index (χ0) is 20.2. The fourth-order valence-electron chi connectivity index (χ4n) is 2.42. The molecule has 2 aromatic rings. The van der Waals surface area contributed by atoms with Crippen LogP contribution in [0.5, 0.6) is 0 Å². The third kappa shape index (κ3) is 5.37. The van der Waals surface area contributed by atoms with E-state index in [4.69, 9.17) is 0 Å². The minimum atomic E-state index is -4.05. The first kappa shape index (κ1) is 21.1. The molecule has 2 aromatic carbocycles. The monoisotopic (exact) mass is 392 g/mol. The molecule has 0 aromatic heterocycles. The van der Waals surface area contributed by atoms with E-state index in [1.165, 1.54) is 6.07 Å². The summed E-state index contributed by atoms with van der Waals surface area (Å²) in [5, 5.41) is 2.70. The summed E-state index contributed by atoms with van der Waals surface area (Å²) in [6, 6.07) is 10.3. The summed E-state index contributed by atoms with van der Waals surface area (Å²) < 4.78 is 41.2. The fraction of sp³-hybridized carbons (Fsp3) is 0.350. The summed E-state index contributed by atoms with van der Waals surface area (Å²) >= 11 is 0. The molecule has 0 bridgehead atoms. The Bertz CT molecular complexity index is 909. The zero-order valence-corrected chi connectivity index (χ0v) is 16.7. The van der Waals surface area contributed by atoms with Crippen LogP contribution in [0.1, 0.15) is 56.0 Å². The van der Waals surface area contributed by atoms with Crippen molar-refractivity contribution in [3.05, 3.63) is 59.4 Å². The van der Waals surface area contributed by atoms with Crippen molar-refractivity contribution in [1.29, 1.82) is 0 Å². The molecule has 7 heteroatoms. The summed E-state index contributed by atoms with van der Waals surface area (Å²) in [6.45, 7) is 7.65. The van der Waals surface area contributed by atoms with Crippen molar-refractivity contribution in [2.45, 2.75) is 51.0 Å². The van der Waals surface area contributed by atoms with Gasteiger partial charge >= 0.3 is 0 Å². The molecule has 1 atom stereocenters. The topological polar surface area (TPSA) is 75.3 Å². The summed E-state index contributed by atoms with van der Waals surface area (Å²) in [6.07, 6.45) is 0.563. The molecule has 0 aliphatic carbocycles. The molecular weight excluding hydrogens is 367 g/mol. The van der Waals surface area contributed by atoms with E-state index in [0.717, 1.165) is 17.7 Å².